The number of piperazine rings is 1. The van der Waals surface area contributed by atoms with Crippen molar-refractivity contribution in [3.63, 3.8) is 0 Å². The first-order chi connectivity index (χ1) is 16.4. The number of anilines is 1. The van der Waals surface area contributed by atoms with Gasteiger partial charge in [0.1, 0.15) is 0 Å². The molecule has 34 heavy (non-hydrogen) atoms. The summed E-state index contributed by atoms with van der Waals surface area (Å²) in [5, 5.41) is 5.38. The number of nitrogens with one attached hydrogen (secondary N) is 2. The van der Waals surface area contributed by atoms with Gasteiger partial charge in [0.2, 0.25) is 0 Å². The molecule has 0 aromatic heterocycles. The monoisotopic (exact) mass is 470 g/mol. The predicted molar refractivity (Wildman–Crippen MR) is 124 cm³/mol. The predicted octanol–water partition coefficient (Wildman–Crippen LogP) is 3.27. The van der Waals surface area contributed by atoms with E-state index < -0.39 is 29.7 Å². The van der Waals surface area contributed by atoms with Gasteiger partial charge in [0.05, 0.1) is 18.2 Å². The lowest BCUT2D eigenvalue weighted by molar-refractivity contribution is -0.139. The third kappa shape index (κ3) is 5.20. The fraction of sp³-hybridized carbons (Fsp3) is 0.360. The van der Waals surface area contributed by atoms with Gasteiger partial charge in [-0.05, 0) is 49.2 Å². The van der Waals surface area contributed by atoms with Crippen LogP contribution in [0.5, 0.6) is 0 Å². The maximum absolute atomic E-state index is 13.9. The van der Waals surface area contributed by atoms with Gasteiger partial charge in [-0.25, -0.2) is 18.4 Å². The van der Waals surface area contributed by atoms with Gasteiger partial charge < -0.3 is 20.3 Å². The van der Waals surface area contributed by atoms with Crippen LogP contribution in [0.15, 0.2) is 53.7 Å². The second-order valence-corrected chi connectivity index (χ2v) is 8.42. The van der Waals surface area contributed by atoms with Gasteiger partial charge in [-0.15, -0.1) is 0 Å². The molecule has 0 spiro atoms. The zero-order valence-electron chi connectivity index (χ0n) is 19.2. The molecule has 180 valence electrons. The van der Waals surface area contributed by atoms with Crippen molar-refractivity contribution in [3.05, 3.63) is 76.5 Å². The minimum Gasteiger partial charge on any atom is -0.463 e. The molecule has 1 atom stereocenters. The van der Waals surface area contributed by atoms with E-state index in [1.807, 2.05) is 6.07 Å². The lowest BCUT2D eigenvalue weighted by atomic mass is 9.94. The summed E-state index contributed by atoms with van der Waals surface area (Å²) in [6, 6.07) is 10.2. The number of urea groups is 1. The molecule has 0 radical (unpaired) electrons. The van der Waals surface area contributed by atoms with Crippen LogP contribution < -0.4 is 15.5 Å². The number of aryl methyl sites for hydroxylation is 1. The Kier molecular flexibility index (Phi) is 7.12. The van der Waals surface area contributed by atoms with Crippen molar-refractivity contribution in [3.8, 4) is 0 Å². The first kappa shape index (κ1) is 23.7. The number of halogens is 2. The van der Waals surface area contributed by atoms with Gasteiger partial charge in [0, 0.05) is 44.1 Å². The van der Waals surface area contributed by atoms with Crippen LogP contribution in [-0.2, 0) is 9.53 Å². The highest BCUT2D eigenvalue weighted by Gasteiger charge is 2.35. The zero-order chi connectivity index (χ0) is 24.2. The highest BCUT2D eigenvalue weighted by atomic mass is 19.2. The van der Waals surface area contributed by atoms with E-state index >= 15 is 0 Å². The summed E-state index contributed by atoms with van der Waals surface area (Å²) in [7, 11) is 0. The Hall–Kier alpha value is -3.46. The Bertz CT molecular complexity index is 1110. The number of hydrogen-bond acceptors (Lipinski definition) is 5. The van der Waals surface area contributed by atoms with Crippen LogP contribution in [0.3, 0.4) is 0 Å². The second-order valence-electron chi connectivity index (χ2n) is 8.42. The number of carbonyl (C=O) groups excluding carboxylic acids is 2. The van der Waals surface area contributed by atoms with Gasteiger partial charge in [0.15, 0.2) is 11.6 Å². The largest absolute Gasteiger partial charge is 0.463 e. The van der Waals surface area contributed by atoms with Crippen LogP contribution in [0.2, 0.25) is 0 Å². The van der Waals surface area contributed by atoms with E-state index in [2.05, 4.69) is 45.6 Å². The Morgan fingerprint density at radius 2 is 1.85 bits per heavy atom. The van der Waals surface area contributed by atoms with E-state index in [0.717, 1.165) is 38.3 Å². The summed E-state index contributed by atoms with van der Waals surface area (Å²) in [6.07, 6.45) is 0. The van der Waals surface area contributed by atoms with Gasteiger partial charge in [-0.2, -0.15) is 0 Å². The van der Waals surface area contributed by atoms with Crippen molar-refractivity contribution in [2.45, 2.75) is 19.9 Å². The van der Waals surface area contributed by atoms with Gasteiger partial charge in [0.25, 0.3) is 0 Å². The number of esters is 1. The maximum atomic E-state index is 13.9. The van der Waals surface area contributed by atoms with Gasteiger partial charge >= 0.3 is 12.0 Å². The van der Waals surface area contributed by atoms with E-state index in [1.54, 1.807) is 6.92 Å². The first-order valence-corrected chi connectivity index (χ1v) is 11.3. The van der Waals surface area contributed by atoms with Crippen molar-refractivity contribution in [2.75, 3.05) is 44.2 Å². The molecule has 2 aromatic rings. The highest BCUT2D eigenvalue weighted by molar-refractivity contribution is 5.95. The van der Waals surface area contributed by atoms with Crippen LogP contribution in [0.25, 0.3) is 0 Å². The number of amides is 2. The molecular weight excluding hydrogens is 442 g/mol. The minimum absolute atomic E-state index is 0.142. The molecule has 4 rings (SSSR count). The van der Waals surface area contributed by atoms with E-state index in [0.29, 0.717) is 12.2 Å². The molecule has 2 N–H and O–H groups in total. The molecule has 2 aromatic carbocycles. The molecule has 0 bridgehead atoms. The van der Waals surface area contributed by atoms with Crippen LogP contribution in [0.1, 0.15) is 24.1 Å². The topological polar surface area (TPSA) is 73.9 Å². The summed E-state index contributed by atoms with van der Waals surface area (Å²) in [6.45, 7) is 7.26. The molecular formula is C25H28F2N4O3. The third-order valence-electron chi connectivity index (χ3n) is 6.05. The Morgan fingerprint density at radius 3 is 2.53 bits per heavy atom. The summed E-state index contributed by atoms with van der Waals surface area (Å²) >= 11 is 0. The van der Waals surface area contributed by atoms with Crippen LogP contribution in [0.4, 0.5) is 19.3 Å². The fourth-order valence-electron chi connectivity index (χ4n) is 4.35. The molecule has 2 heterocycles. The molecule has 7 nitrogen and oxygen atoms in total. The molecule has 2 aliphatic heterocycles. The van der Waals surface area contributed by atoms with Gasteiger partial charge in [-0.1, -0.05) is 18.2 Å². The average Bonchev–Trinajstić information content (AvgIpc) is 2.81. The number of benzene rings is 2. The quantitative estimate of drug-likeness (QED) is 0.634. The van der Waals surface area contributed by atoms with Gasteiger partial charge in [-0.3, -0.25) is 4.90 Å². The molecule has 9 heteroatoms. The molecule has 0 unspecified atom stereocenters. The Balaban J connectivity index is 1.57. The summed E-state index contributed by atoms with van der Waals surface area (Å²) in [5.41, 5.74) is 3.22. The fourth-order valence-corrected chi connectivity index (χ4v) is 4.35. The van der Waals surface area contributed by atoms with Crippen LogP contribution in [-0.4, -0.2) is 56.2 Å². The highest BCUT2D eigenvalue weighted by Crippen LogP contribution is 2.29. The SMILES string of the molecule is CCOC(=O)C1=C(CN2CCN(c3cccc(C)c3)CC2)NC(=O)N[C@H]1c1ccc(F)c(F)c1. The summed E-state index contributed by atoms with van der Waals surface area (Å²) in [5.74, 6) is -2.67. The van der Waals surface area contributed by atoms with Crippen molar-refractivity contribution in [2.24, 2.45) is 0 Å². The van der Waals surface area contributed by atoms with Crippen LogP contribution in [0, 0.1) is 18.6 Å². The van der Waals surface area contributed by atoms with E-state index in [-0.39, 0.29) is 17.7 Å². The lowest BCUT2D eigenvalue weighted by Crippen LogP contribution is -2.51. The van der Waals surface area contributed by atoms with Crippen LogP contribution >= 0.6 is 0 Å². The zero-order valence-corrected chi connectivity index (χ0v) is 19.2. The second kappa shape index (κ2) is 10.2. The standard InChI is InChI=1S/C25H28F2N4O3/c1-3-34-24(32)22-21(28-25(33)29-23(22)17-7-8-19(26)20(27)14-17)15-30-9-11-31(12-10-30)18-6-4-5-16(2)13-18/h4-8,13-14,23H,3,9-12,15H2,1-2H3,(H2,28,29,33)/t23-/m0/s1. The maximum Gasteiger partial charge on any atom is 0.338 e. The number of hydrogen-bond donors (Lipinski definition) is 2. The van der Waals surface area contributed by atoms with Crippen molar-refractivity contribution in [1.82, 2.24) is 15.5 Å². The molecule has 1 saturated heterocycles. The third-order valence-corrected chi connectivity index (χ3v) is 6.05. The van der Waals surface area contributed by atoms with E-state index in [9.17, 15) is 18.4 Å². The summed E-state index contributed by atoms with van der Waals surface area (Å²) in [4.78, 5) is 29.8. The normalized spacial score (nSPS) is 19.0. The number of ether oxygens (including phenoxy) is 1. The van der Waals surface area contributed by atoms with E-state index in [4.69, 9.17) is 4.74 Å². The Labute approximate surface area is 197 Å². The summed E-state index contributed by atoms with van der Waals surface area (Å²) < 4.78 is 32.7. The molecule has 0 saturated carbocycles. The molecule has 2 amide bonds. The average molecular weight is 471 g/mol. The van der Waals surface area contributed by atoms with Crippen molar-refractivity contribution >= 4 is 17.7 Å². The molecule has 1 fully saturated rings. The first-order valence-electron chi connectivity index (χ1n) is 11.3. The number of rotatable bonds is 6. The number of nitrogens with zero attached hydrogens (tertiary/aromatic N) is 2. The molecule has 0 aliphatic carbocycles. The van der Waals surface area contributed by atoms with Crippen molar-refractivity contribution in [1.29, 1.82) is 0 Å². The minimum atomic E-state index is -1.05. The van der Waals surface area contributed by atoms with Crippen molar-refractivity contribution < 1.29 is 23.1 Å². The molecule has 2 aliphatic rings. The van der Waals surface area contributed by atoms with E-state index in [1.165, 1.54) is 17.3 Å². The Morgan fingerprint density at radius 1 is 1.09 bits per heavy atom. The smallest absolute Gasteiger partial charge is 0.338 e. The number of carbonyl (C=O) groups is 2. The lowest BCUT2D eigenvalue weighted by Gasteiger charge is -2.38.